The van der Waals surface area contributed by atoms with Crippen molar-refractivity contribution in [2.75, 3.05) is 0 Å². The van der Waals surface area contributed by atoms with E-state index in [2.05, 4.69) is 5.10 Å². The summed E-state index contributed by atoms with van der Waals surface area (Å²) in [6, 6.07) is 4.53. The fourth-order valence-electron chi connectivity index (χ4n) is 1.61. The zero-order valence-electron chi connectivity index (χ0n) is 9.63. The molecule has 1 aromatic carbocycles. The second-order valence-corrected chi connectivity index (χ2v) is 4.19. The first kappa shape index (κ1) is 12.5. The van der Waals surface area contributed by atoms with Gasteiger partial charge in [0.05, 0.1) is 16.3 Å². The number of benzene rings is 1. The molecule has 94 valence electrons. The van der Waals surface area contributed by atoms with Crippen LogP contribution in [0.1, 0.15) is 11.3 Å². The summed E-state index contributed by atoms with van der Waals surface area (Å²) in [6.07, 6.45) is 1.75. The molecule has 0 bridgehead atoms. The zero-order valence-corrected chi connectivity index (χ0v) is 10.4. The van der Waals surface area contributed by atoms with Crippen LogP contribution in [0.2, 0.25) is 5.02 Å². The van der Waals surface area contributed by atoms with Gasteiger partial charge in [-0.25, -0.2) is 4.68 Å². The summed E-state index contributed by atoms with van der Waals surface area (Å²) < 4.78 is 1.56. The predicted octanol–water partition coefficient (Wildman–Crippen LogP) is 2.20. The molecule has 0 aliphatic carbocycles. The third kappa shape index (κ3) is 2.20. The third-order valence-corrected chi connectivity index (χ3v) is 2.93. The van der Waals surface area contributed by atoms with E-state index in [1.165, 1.54) is 12.1 Å². The zero-order chi connectivity index (χ0) is 13.3. The Bertz CT molecular complexity index is 609. The summed E-state index contributed by atoms with van der Waals surface area (Å²) in [7, 11) is 0. The van der Waals surface area contributed by atoms with Crippen LogP contribution in [0.15, 0.2) is 24.4 Å². The number of aryl methyl sites for hydroxylation is 1. The first-order valence-corrected chi connectivity index (χ1v) is 5.60. The lowest BCUT2D eigenvalue weighted by Crippen LogP contribution is -1.97. The monoisotopic (exact) mass is 266 g/mol. The molecule has 0 fully saturated rings. The van der Waals surface area contributed by atoms with Crippen LogP contribution in [0, 0.1) is 17.0 Å². The summed E-state index contributed by atoms with van der Waals surface area (Å²) in [5, 5.41) is 15.2. The van der Waals surface area contributed by atoms with E-state index in [1.54, 1.807) is 16.9 Å². The van der Waals surface area contributed by atoms with Crippen LogP contribution in [0.25, 0.3) is 5.69 Å². The number of nitrogens with zero attached hydrogens (tertiary/aromatic N) is 3. The fourth-order valence-corrected chi connectivity index (χ4v) is 1.80. The Morgan fingerprint density at radius 1 is 1.56 bits per heavy atom. The molecule has 0 spiro atoms. The average Bonchev–Trinajstić information content (AvgIpc) is 2.70. The predicted molar refractivity (Wildman–Crippen MR) is 67.9 cm³/mol. The largest absolute Gasteiger partial charge is 0.326 e. The molecule has 0 amide bonds. The molecule has 0 saturated carbocycles. The highest BCUT2D eigenvalue weighted by Crippen LogP contribution is 2.26. The van der Waals surface area contributed by atoms with E-state index in [0.29, 0.717) is 12.2 Å². The van der Waals surface area contributed by atoms with E-state index < -0.39 is 4.92 Å². The summed E-state index contributed by atoms with van der Waals surface area (Å²) in [4.78, 5) is 10.3. The molecule has 0 radical (unpaired) electrons. The highest BCUT2D eigenvalue weighted by atomic mass is 35.5. The minimum absolute atomic E-state index is 0.103. The van der Waals surface area contributed by atoms with Crippen LogP contribution in [0.3, 0.4) is 0 Å². The Labute approximate surface area is 108 Å². The fraction of sp³-hybridized carbons (Fsp3) is 0.182. The van der Waals surface area contributed by atoms with Crippen molar-refractivity contribution in [1.29, 1.82) is 0 Å². The SMILES string of the molecule is Cc1nn(-c2ccc(Cl)c([N+](=O)[O-])c2)cc1CN. The second kappa shape index (κ2) is 4.75. The van der Waals surface area contributed by atoms with Gasteiger partial charge in [-0.3, -0.25) is 10.1 Å². The molecular weight excluding hydrogens is 256 g/mol. The molecule has 0 aliphatic rings. The van der Waals surface area contributed by atoms with Crippen LogP contribution in [0.4, 0.5) is 5.69 Å². The number of aromatic nitrogens is 2. The molecule has 7 heteroatoms. The van der Waals surface area contributed by atoms with Crippen molar-refractivity contribution in [3.63, 3.8) is 0 Å². The van der Waals surface area contributed by atoms with Crippen LogP contribution in [-0.4, -0.2) is 14.7 Å². The van der Waals surface area contributed by atoms with Crippen molar-refractivity contribution >= 4 is 17.3 Å². The lowest BCUT2D eigenvalue weighted by molar-refractivity contribution is -0.384. The van der Waals surface area contributed by atoms with Gasteiger partial charge in [-0.15, -0.1) is 0 Å². The van der Waals surface area contributed by atoms with Crippen LogP contribution >= 0.6 is 11.6 Å². The Morgan fingerprint density at radius 2 is 2.28 bits per heavy atom. The maximum Gasteiger partial charge on any atom is 0.290 e. The van der Waals surface area contributed by atoms with Crippen molar-refractivity contribution in [3.05, 3.63) is 50.8 Å². The van der Waals surface area contributed by atoms with Gasteiger partial charge in [0.25, 0.3) is 5.69 Å². The Balaban J connectivity index is 2.50. The Kier molecular flexibility index (Phi) is 3.31. The summed E-state index contributed by atoms with van der Waals surface area (Å²) >= 11 is 5.75. The number of halogens is 1. The van der Waals surface area contributed by atoms with Gasteiger partial charge in [0.15, 0.2) is 0 Å². The van der Waals surface area contributed by atoms with Crippen LogP contribution in [-0.2, 0) is 6.54 Å². The van der Waals surface area contributed by atoms with Gasteiger partial charge in [-0.1, -0.05) is 11.6 Å². The lowest BCUT2D eigenvalue weighted by atomic mass is 10.2. The quantitative estimate of drug-likeness (QED) is 0.681. The maximum absolute atomic E-state index is 10.8. The molecule has 2 rings (SSSR count). The van der Waals surface area contributed by atoms with E-state index in [0.717, 1.165) is 11.3 Å². The highest BCUT2D eigenvalue weighted by Gasteiger charge is 2.14. The van der Waals surface area contributed by atoms with Crippen molar-refractivity contribution in [3.8, 4) is 5.69 Å². The van der Waals surface area contributed by atoms with Gasteiger partial charge in [-0.05, 0) is 19.1 Å². The van der Waals surface area contributed by atoms with Crippen LogP contribution < -0.4 is 5.73 Å². The van der Waals surface area contributed by atoms with Gasteiger partial charge in [-0.2, -0.15) is 5.10 Å². The van der Waals surface area contributed by atoms with E-state index in [9.17, 15) is 10.1 Å². The standard InChI is InChI=1S/C11H11ClN4O2/c1-7-8(5-13)6-15(14-7)9-2-3-10(12)11(4-9)16(17)18/h2-4,6H,5,13H2,1H3. The van der Waals surface area contributed by atoms with Crippen molar-refractivity contribution in [2.45, 2.75) is 13.5 Å². The number of rotatable bonds is 3. The molecule has 2 aromatic rings. The molecule has 0 saturated heterocycles. The van der Waals surface area contributed by atoms with Gasteiger partial charge >= 0.3 is 0 Å². The van der Waals surface area contributed by atoms with Gasteiger partial charge in [0.2, 0.25) is 0 Å². The lowest BCUT2D eigenvalue weighted by Gasteiger charge is -2.02. The molecule has 1 aromatic heterocycles. The smallest absolute Gasteiger partial charge is 0.290 e. The Morgan fingerprint density at radius 3 is 2.83 bits per heavy atom. The Hall–Kier alpha value is -1.92. The van der Waals surface area contributed by atoms with Gasteiger partial charge < -0.3 is 5.73 Å². The molecule has 1 heterocycles. The molecule has 0 aliphatic heterocycles. The second-order valence-electron chi connectivity index (χ2n) is 3.78. The molecule has 0 unspecified atom stereocenters. The summed E-state index contributed by atoms with van der Waals surface area (Å²) in [5.41, 5.74) is 7.69. The first-order chi connectivity index (χ1) is 8.52. The van der Waals surface area contributed by atoms with Crippen molar-refractivity contribution < 1.29 is 4.92 Å². The number of nitrogens with two attached hydrogens (primary N) is 1. The number of hydrogen-bond acceptors (Lipinski definition) is 4. The third-order valence-electron chi connectivity index (χ3n) is 2.61. The minimum atomic E-state index is -0.522. The van der Waals surface area contributed by atoms with E-state index >= 15 is 0 Å². The normalized spacial score (nSPS) is 10.6. The number of nitro groups is 1. The maximum atomic E-state index is 10.8. The summed E-state index contributed by atoms with van der Waals surface area (Å²) in [6.45, 7) is 2.21. The van der Waals surface area contributed by atoms with Gasteiger partial charge in [0, 0.05) is 24.4 Å². The van der Waals surface area contributed by atoms with Crippen molar-refractivity contribution in [1.82, 2.24) is 9.78 Å². The van der Waals surface area contributed by atoms with E-state index in [1.807, 2.05) is 6.92 Å². The average molecular weight is 267 g/mol. The molecule has 6 nitrogen and oxygen atoms in total. The van der Waals surface area contributed by atoms with E-state index in [4.69, 9.17) is 17.3 Å². The first-order valence-electron chi connectivity index (χ1n) is 5.22. The topological polar surface area (TPSA) is 87.0 Å². The molecule has 0 atom stereocenters. The molecule has 2 N–H and O–H groups in total. The minimum Gasteiger partial charge on any atom is -0.326 e. The van der Waals surface area contributed by atoms with E-state index in [-0.39, 0.29) is 10.7 Å². The molecular formula is C11H11ClN4O2. The van der Waals surface area contributed by atoms with Gasteiger partial charge in [0.1, 0.15) is 5.02 Å². The molecule has 18 heavy (non-hydrogen) atoms. The van der Waals surface area contributed by atoms with Crippen molar-refractivity contribution in [2.24, 2.45) is 5.73 Å². The number of nitro benzene ring substituents is 1. The van der Waals surface area contributed by atoms with Crippen LogP contribution in [0.5, 0.6) is 0 Å². The number of hydrogen-bond donors (Lipinski definition) is 1. The highest BCUT2D eigenvalue weighted by molar-refractivity contribution is 6.32. The summed E-state index contributed by atoms with van der Waals surface area (Å²) in [5.74, 6) is 0.